The number of H-pyrrole nitrogens is 1. The summed E-state index contributed by atoms with van der Waals surface area (Å²) in [4.78, 5) is 40.1. The van der Waals surface area contributed by atoms with Crippen molar-refractivity contribution >= 4 is 5.91 Å². The number of hydrogen-bond donors (Lipinski definition) is 2. The number of nitrogens with zero attached hydrogens (tertiary/aromatic N) is 3. The minimum Gasteiger partial charge on any atom is -0.486 e. The van der Waals surface area contributed by atoms with Crippen LogP contribution in [0.25, 0.3) is 11.4 Å². The first-order chi connectivity index (χ1) is 13.8. The summed E-state index contributed by atoms with van der Waals surface area (Å²) >= 11 is 0. The van der Waals surface area contributed by atoms with Crippen LogP contribution in [-0.2, 0) is 6.42 Å². The van der Waals surface area contributed by atoms with Crippen LogP contribution in [0.2, 0.25) is 0 Å². The van der Waals surface area contributed by atoms with Crippen LogP contribution in [0.15, 0.2) is 47.7 Å². The number of aromatic nitrogens is 4. The summed E-state index contributed by atoms with van der Waals surface area (Å²) in [5, 5.41) is 2.89. The molecule has 1 aliphatic heterocycles. The molecule has 0 saturated heterocycles. The van der Waals surface area contributed by atoms with Crippen molar-refractivity contribution < 1.29 is 9.53 Å². The van der Waals surface area contributed by atoms with Gasteiger partial charge in [-0.1, -0.05) is 12.1 Å². The lowest BCUT2D eigenvalue weighted by molar-refractivity contribution is 0.0924. The van der Waals surface area contributed by atoms with Gasteiger partial charge in [-0.2, -0.15) is 0 Å². The van der Waals surface area contributed by atoms with E-state index >= 15 is 0 Å². The van der Waals surface area contributed by atoms with Gasteiger partial charge >= 0.3 is 0 Å². The maximum absolute atomic E-state index is 12.9. The summed E-state index contributed by atoms with van der Waals surface area (Å²) in [6.07, 6.45) is 3.71. The molecule has 4 rings (SSSR count). The second kappa shape index (κ2) is 7.12. The molecule has 29 heavy (non-hydrogen) atoms. The maximum Gasteiger partial charge on any atom is 0.255 e. The molecule has 0 spiro atoms. The molecule has 148 valence electrons. The molecule has 0 fully saturated rings. The molecule has 0 saturated carbocycles. The van der Waals surface area contributed by atoms with E-state index in [1.54, 1.807) is 25.3 Å². The lowest BCUT2D eigenvalue weighted by atomic mass is 10.0. The van der Waals surface area contributed by atoms with Gasteiger partial charge in [0, 0.05) is 18.7 Å². The summed E-state index contributed by atoms with van der Waals surface area (Å²) in [7, 11) is 0. The Kier molecular flexibility index (Phi) is 4.62. The number of carbonyl (C=O) groups excluding carboxylic acids is 1. The molecule has 8 nitrogen and oxygen atoms in total. The quantitative estimate of drug-likeness (QED) is 0.707. The van der Waals surface area contributed by atoms with Crippen LogP contribution in [0.4, 0.5) is 0 Å². The van der Waals surface area contributed by atoms with Crippen LogP contribution < -0.4 is 15.6 Å². The summed E-state index contributed by atoms with van der Waals surface area (Å²) < 4.78 is 5.98. The van der Waals surface area contributed by atoms with Gasteiger partial charge in [-0.05, 0) is 38.5 Å². The van der Waals surface area contributed by atoms with E-state index in [2.05, 4.69) is 25.3 Å². The van der Waals surface area contributed by atoms with Gasteiger partial charge in [0.25, 0.3) is 11.5 Å². The van der Waals surface area contributed by atoms with Crippen molar-refractivity contribution in [2.75, 3.05) is 0 Å². The molecule has 2 N–H and O–H groups in total. The Morgan fingerprint density at radius 3 is 2.86 bits per heavy atom. The number of fused-ring (bicyclic) bond motifs is 1. The number of para-hydroxylation sites is 1. The summed E-state index contributed by atoms with van der Waals surface area (Å²) in [6, 6.07) is 8.05. The lowest BCUT2D eigenvalue weighted by Gasteiger charge is -2.19. The predicted molar refractivity (Wildman–Crippen MR) is 107 cm³/mol. The maximum atomic E-state index is 12.9. The number of benzene rings is 1. The zero-order valence-electron chi connectivity index (χ0n) is 16.4. The van der Waals surface area contributed by atoms with Crippen LogP contribution in [0.5, 0.6) is 5.75 Å². The molecular formula is C21H21N5O3. The number of carbonyl (C=O) groups is 1. The third-order valence-electron chi connectivity index (χ3n) is 4.70. The molecule has 0 radical (unpaired) electrons. The van der Waals surface area contributed by atoms with Crippen molar-refractivity contribution in [1.82, 2.24) is 25.3 Å². The topological polar surface area (TPSA) is 110 Å². The zero-order chi connectivity index (χ0) is 20.6. The number of ether oxygens (including phenoxy) is 1. The third-order valence-corrected chi connectivity index (χ3v) is 4.70. The van der Waals surface area contributed by atoms with Crippen LogP contribution in [0.1, 0.15) is 48.6 Å². The minimum absolute atomic E-state index is 0.290. The van der Waals surface area contributed by atoms with Crippen LogP contribution in [0.3, 0.4) is 0 Å². The van der Waals surface area contributed by atoms with Gasteiger partial charge in [-0.3, -0.25) is 9.59 Å². The smallest absolute Gasteiger partial charge is 0.255 e. The van der Waals surface area contributed by atoms with Crippen LogP contribution >= 0.6 is 0 Å². The molecule has 2 aromatic heterocycles. The average molecular weight is 391 g/mol. The molecular weight excluding hydrogens is 370 g/mol. The highest BCUT2D eigenvalue weighted by molar-refractivity contribution is 5.97. The van der Waals surface area contributed by atoms with E-state index in [1.807, 2.05) is 26.0 Å². The third kappa shape index (κ3) is 3.87. The molecule has 1 aromatic carbocycles. The molecule has 1 aliphatic rings. The SMILES string of the molecule is CC(NC(=O)c1cccc2c1OC(C)(C)C2)c1nc(-c2ccncn2)cc(=O)[nH]1. The number of nitrogens with one attached hydrogen (secondary N) is 2. The van der Waals surface area contributed by atoms with E-state index in [0.29, 0.717) is 28.5 Å². The van der Waals surface area contributed by atoms with Gasteiger partial charge in [0.15, 0.2) is 0 Å². The van der Waals surface area contributed by atoms with Gasteiger partial charge in [-0.15, -0.1) is 0 Å². The van der Waals surface area contributed by atoms with E-state index in [0.717, 1.165) is 12.0 Å². The Hall–Kier alpha value is -3.55. The van der Waals surface area contributed by atoms with E-state index in [4.69, 9.17) is 4.74 Å². The monoisotopic (exact) mass is 391 g/mol. The Labute approximate surface area is 167 Å². The first-order valence-corrected chi connectivity index (χ1v) is 9.32. The van der Waals surface area contributed by atoms with Gasteiger partial charge in [-0.25, -0.2) is 15.0 Å². The Balaban J connectivity index is 1.59. The largest absolute Gasteiger partial charge is 0.486 e. The Bertz CT molecular complexity index is 1120. The average Bonchev–Trinajstić information content (AvgIpc) is 3.01. The van der Waals surface area contributed by atoms with Crippen molar-refractivity contribution in [2.45, 2.75) is 38.8 Å². The minimum atomic E-state index is -0.526. The molecule has 3 aromatic rings. The van der Waals surface area contributed by atoms with Gasteiger partial charge in [0.1, 0.15) is 23.5 Å². The number of amides is 1. The van der Waals surface area contributed by atoms with Crippen molar-refractivity contribution in [1.29, 1.82) is 0 Å². The first-order valence-electron chi connectivity index (χ1n) is 9.32. The highest BCUT2D eigenvalue weighted by atomic mass is 16.5. The highest BCUT2D eigenvalue weighted by Crippen LogP contribution is 2.37. The predicted octanol–water partition coefficient (Wildman–Crippen LogP) is 2.43. The molecule has 0 aliphatic carbocycles. The standard InChI is InChI=1S/C21H21N5O3/c1-12(19-25-16(9-17(27)26-19)15-7-8-22-11-23-15)24-20(28)14-6-4-5-13-10-21(2,3)29-18(13)14/h4-9,11-12H,10H2,1-3H3,(H,24,28)(H,25,26,27). The fourth-order valence-electron chi connectivity index (χ4n) is 3.39. The van der Waals surface area contributed by atoms with Gasteiger partial charge in [0.05, 0.1) is 23.0 Å². The van der Waals surface area contributed by atoms with Gasteiger partial charge < -0.3 is 15.0 Å². The normalized spacial score (nSPS) is 15.3. The highest BCUT2D eigenvalue weighted by Gasteiger charge is 2.33. The molecule has 1 atom stereocenters. The van der Waals surface area contributed by atoms with Crippen LogP contribution in [0, 0.1) is 0 Å². The second-order valence-corrected chi connectivity index (χ2v) is 7.64. The molecule has 1 unspecified atom stereocenters. The second-order valence-electron chi connectivity index (χ2n) is 7.64. The van der Waals surface area contributed by atoms with Crippen molar-refractivity contribution in [3.63, 3.8) is 0 Å². The summed E-state index contributed by atoms with van der Waals surface area (Å²) in [5.41, 5.74) is 1.75. The number of hydrogen-bond acceptors (Lipinski definition) is 6. The van der Waals surface area contributed by atoms with E-state index in [-0.39, 0.29) is 17.1 Å². The van der Waals surface area contributed by atoms with Crippen molar-refractivity contribution in [3.8, 4) is 17.1 Å². The summed E-state index contributed by atoms with van der Waals surface area (Å²) in [5.74, 6) is 0.661. The zero-order valence-corrected chi connectivity index (χ0v) is 16.4. The number of aromatic amines is 1. The van der Waals surface area contributed by atoms with E-state index in [1.165, 1.54) is 12.4 Å². The Morgan fingerprint density at radius 1 is 1.28 bits per heavy atom. The molecule has 0 bridgehead atoms. The lowest BCUT2D eigenvalue weighted by Crippen LogP contribution is -2.30. The van der Waals surface area contributed by atoms with E-state index < -0.39 is 6.04 Å². The molecule has 1 amide bonds. The Morgan fingerprint density at radius 2 is 2.10 bits per heavy atom. The summed E-state index contributed by atoms with van der Waals surface area (Å²) in [6.45, 7) is 5.74. The fraction of sp³-hybridized carbons (Fsp3) is 0.286. The fourth-order valence-corrected chi connectivity index (χ4v) is 3.39. The number of rotatable bonds is 4. The molecule has 8 heteroatoms. The first kappa shape index (κ1) is 18.8. The van der Waals surface area contributed by atoms with Gasteiger partial charge in [0.2, 0.25) is 0 Å². The van der Waals surface area contributed by atoms with Crippen LogP contribution in [-0.4, -0.2) is 31.4 Å². The molecule has 3 heterocycles. The van der Waals surface area contributed by atoms with E-state index in [9.17, 15) is 9.59 Å². The van der Waals surface area contributed by atoms with Crippen molar-refractivity contribution in [3.05, 3.63) is 70.2 Å². The van der Waals surface area contributed by atoms with Crippen molar-refractivity contribution in [2.24, 2.45) is 0 Å².